The van der Waals surface area contributed by atoms with Gasteiger partial charge < -0.3 is 5.73 Å². The number of nitrogens with two attached hydrogens (primary N) is 1. The van der Waals surface area contributed by atoms with Crippen LogP contribution in [0.4, 0.5) is 0 Å². The Bertz CT molecular complexity index is 457. The third-order valence-electron chi connectivity index (χ3n) is 6.12. The van der Waals surface area contributed by atoms with E-state index in [1.165, 1.54) is 45.2 Å². The molecule has 1 aromatic carbocycles. The molecule has 0 radical (unpaired) electrons. The zero-order valence-corrected chi connectivity index (χ0v) is 13.6. The first-order chi connectivity index (χ1) is 10.2. The molecule has 3 rings (SSSR count). The van der Waals surface area contributed by atoms with Crippen LogP contribution in [-0.2, 0) is 12.8 Å². The summed E-state index contributed by atoms with van der Waals surface area (Å²) in [7, 11) is 0. The van der Waals surface area contributed by atoms with E-state index in [-0.39, 0.29) is 5.54 Å². The Balaban J connectivity index is 1.82. The molecule has 116 valence electrons. The molecule has 0 amide bonds. The van der Waals surface area contributed by atoms with Gasteiger partial charge in [-0.3, -0.25) is 4.90 Å². The van der Waals surface area contributed by atoms with Gasteiger partial charge >= 0.3 is 0 Å². The van der Waals surface area contributed by atoms with Crippen LogP contribution in [0.15, 0.2) is 24.3 Å². The lowest BCUT2D eigenvalue weighted by molar-refractivity contribution is -0.00118. The van der Waals surface area contributed by atoms with Crippen molar-refractivity contribution in [2.24, 2.45) is 17.6 Å². The van der Waals surface area contributed by atoms with Crippen LogP contribution in [0.5, 0.6) is 0 Å². The lowest BCUT2D eigenvalue weighted by Gasteiger charge is -2.51. The number of nitrogens with zero attached hydrogens (tertiary/aromatic N) is 1. The minimum atomic E-state index is 0.236. The highest BCUT2D eigenvalue weighted by molar-refractivity contribution is 5.29. The molecule has 1 fully saturated rings. The fourth-order valence-electron chi connectivity index (χ4n) is 4.68. The van der Waals surface area contributed by atoms with Crippen LogP contribution in [0.3, 0.4) is 0 Å². The first kappa shape index (κ1) is 15.1. The molecule has 2 heteroatoms. The fourth-order valence-corrected chi connectivity index (χ4v) is 4.68. The van der Waals surface area contributed by atoms with Crippen LogP contribution in [0.1, 0.15) is 44.2 Å². The Kier molecular flexibility index (Phi) is 4.37. The highest BCUT2D eigenvalue weighted by Crippen LogP contribution is 2.41. The van der Waals surface area contributed by atoms with Crippen molar-refractivity contribution in [1.29, 1.82) is 0 Å². The van der Waals surface area contributed by atoms with Crippen LogP contribution in [0.2, 0.25) is 0 Å². The monoisotopic (exact) mass is 286 g/mol. The minimum Gasteiger partial charge on any atom is -0.329 e. The van der Waals surface area contributed by atoms with Gasteiger partial charge in [0.1, 0.15) is 0 Å². The van der Waals surface area contributed by atoms with Crippen molar-refractivity contribution in [3.8, 4) is 0 Å². The summed E-state index contributed by atoms with van der Waals surface area (Å²) < 4.78 is 0. The van der Waals surface area contributed by atoms with Crippen LogP contribution in [0, 0.1) is 11.8 Å². The summed E-state index contributed by atoms with van der Waals surface area (Å²) in [5.41, 5.74) is 9.66. The Labute approximate surface area is 129 Å². The first-order valence-corrected chi connectivity index (χ1v) is 8.67. The second kappa shape index (κ2) is 6.10. The molecular formula is C19H30N2. The van der Waals surface area contributed by atoms with Crippen molar-refractivity contribution in [2.75, 3.05) is 19.6 Å². The molecule has 1 aromatic rings. The standard InChI is InChI=1S/C19H30N2/c1-15-7-8-16(2)19(13-15,14-20)21-11-9-17-5-3-4-6-18(17)10-12-21/h3-6,15-16H,7-14,20H2,1-2H3. The van der Waals surface area contributed by atoms with Gasteiger partial charge in [-0.05, 0) is 48.6 Å². The van der Waals surface area contributed by atoms with Crippen molar-refractivity contribution in [2.45, 2.75) is 51.5 Å². The van der Waals surface area contributed by atoms with Gasteiger partial charge in [0.2, 0.25) is 0 Å². The SMILES string of the molecule is CC1CCC(C)C(CN)(N2CCc3ccccc3CC2)C1. The van der Waals surface area contributed by atoms with E-state index in [2.05, 4.69) is 43.0 Å². The van der Waals surface area contributed by atoms with Crippen molar-refractivity contribution in [1.82, 2.24) is 4.90 Å². The first-order valence-electron chi connectivity index (χ1n) is 8.67. The predicted molar refractivity (Wildman–Crippen MR) is 89.4 cm³/mol. The van der Waals surface area contributed by atoms with E-state index >= 15 is 0 Å². The van der Waals surface area contributed by atoms with Crippen LogP contribution < -0.4 is 5.73 Å². The third kappa shape index (κ3) is 2.76. The molecule has 0 aromatic heterocycles. The normalized spacial score (nSPS) is 34.2. The second-order valence-electron chi connectivity index (χ2n) is 7.35. The summed E-state index contributed by atoms with van der Waals surface area (Å²) in [5, 5.41) is 0. The molecule has 3 unspecified atom stereocenters. The number of rotatable bonds is 2. The Morgan fingerprint density at radius 3 is 2.29 bits per heavy atom. The minimum absolute atomic E-state index is 0.236. The van der Waals surface area contributed by atoms with Crippen LogP contribution >= 0.6 is 0 Å². The molecule has 0 bridgehead atoms. The van der Waals surface area contributed by atoms with Gasteiger partial charge in [0.15, 0.2) is 0 Å². The van der Waals surface area contributed by atoms with Crippen LogP contribution in [-0.4, -0.2) is 30.1 Å². The summed E-state index contributed by atoms with van der Waals surface area (Å²) in [4.78, 5) is 2.74. The van der Waals surface area contributed by atoms with Gasteiger partial charge in [-0.2, -0.15) is 0 Å². The molecule has 1 aliphatic carbocycles. The smallest absolute Gasteiger partial charge is 0.0359 e. The van der Waals surface area contributed by atoms with Crippen molar-refractivity contribution in [3.05, 3.63) is 35.4 Å². The maximum Gasteiger partial charge on any atom is 0.0359 e. The van der Waals surface area contributed by atoms with Crippen molar-refractivity contribution < 1.29 is 0 Å². The maximum atomic E-state index is 6.34. The average molecular weight is 286 g/mol. The van der Waals surface area contributed by atoms with Crippen molar-refractivity contribution >= 4 is 0 Å². The van der Waals surface area contributed by atoms with Crippen molar-refractivity contribution in [3.63, 3.8) is 0 Å². The molecule has 3 atom stereocenters. The predicted octanol–water partition coefficient (Wildman–Crippen LogP) is 3.24. The van der Waals surface area contributed by atoms with E-state index in [4.69, 9.17) is 5.73 Å². The van der Waals surface area contributed by atoms with E-state index in [1.807, 2.05) is 0 Å². The highest BCUT2D eigenvalue weighted by atomic mass is 15.2. The largest absolute Gasteiger partial charge is 0.329 e. The lowest BCUT2D eigenvalue weighted by Crippen LogP contribution is -2.61. The van der Waals surface area contributed by atoms with E-state index in [9.17, 15) is 0 Å². The van der Waals surface area contributed by atoms with E-state index in [0.29, 0.717) is 0 Å². The molecule has 2 aliphatic rings. The Hall–Kier alpha value is -0.860. The number of hydrogen-bond acceptors (Lipinski definition) is 2. The summed E-state index contributed by atoms with van der Waals surface area (Å²) in [6.07, 6.45) is 6.35. The molecule has 0 spiro atoms. The van der Waals surface area contributed by atoms with Gasteiger partial charge in [0, 0.05) is 25.2 Å². The molecular weight excluding hydrogens is 256 g/mol. The molecule has 1 saturated carbocycles. The van der Waals surface area contributed by atoms with E-state index < -0.39 is 0 Å². The molecule has 1 aliphatic heterocycles. The molecule has 2 N–H and O–H groups in total. The molecule has 2 nitrogen and oxygen atoms in total. The van der Waals surface area contributed by atoms with E-state index in [1.54, 1.807) is 11.1 Å². The molecule has 1 heterocycles. The topological polar surface area (TPSA) is 29.3 Å². The number of benzene rings is 1. The second-order valence-corrected chi connectivity index (χ2v) is 7.35. The zero-order chi connectivity index (χ0) is 14.9. The lowest BCUT2D eigenvalue weighted by atomic mass is 9.68. The number of hydrogen-bond donors (Lipinski definition) is 1. The van der Waals surface area contributed by atoms with Gasteiger partial charge in [0.25, 0.3) is 0 Å². The summed E-state index contributed by atoms with van der Waals surface area (Å²) in [5.74, 6) is 1.54. The fraction of sp³-hybridized carbons (Fsp3) is 0.684. The van der Waals surface area contributed by atoms with E-state index in [0.717, 1.165) is 18.4 Å². The summed E-state index contributed by atoms with van der Waals surface area (Å²) in [6.45, 7) is 7.99. The Morgan fingerprint density at radius 2 is 1.71 bits per heavy atom. The highest BCUT2D eigenvalue weighted by Gasteiger charge is 2.44. The Morgan fingerprint density at radius 1 is 1.10 bits per heavy atom. The van der Waals surface area contributed by atoms with Gasteiger partial charge in [-0.25, -0.2) is 0 Å². The molecule has 21 heavy (non-hydrogen) atoms. The zero-order valence-electron chi connectivity index (χ0n) is 13.6. The number of fused-ring (bicyclic) bond motifs is 1. The average Bonchev–Trinajstić information content (AvgIpc) is 2.73. The van der Waals surface area contributed by atoms with Gasteiger partial charge in [0.05, 0.1) is 0 Å². The van der Waals surface area contributed by atoms with Gasteiger partial charge in [-0.1, -0.05) is 44.5 Å². The summed E-state index contributed by atoms with van der Waals surface area (Å²) in [6, 6.07) is 8.97. The summed E-state index contributed by atoms with van der Waals surface area (Å²) >= 11 is 0. The maximum absolute atomic E-state index is 6.34. The van der Waals surface area contributed by atoms with Gasteiger partial charge in [-0.15, -0.1) is 0 Å². The molecule has 0 saturated heterocycles. The third-order valence-corrected chi connectivity index (χ3v) is 6.12. The van der Waals surface area contributed by atoms with Crippen LogP contribution in [0.25, 0.3) is 0 Å². The quantitative estimate of drug-likeness (QED) is 0.904.